The van der Waals surface area contributed by atoms with Crippen molar-refractivity contribution in [2.24, 2.45) is 11.8 Å². The molecule has 4 aliphatic rings. The van der Waals surface area contributed by atoms with Crippen LogP contribution in [0.3, 0.4) is 0 Å². The summed E-state index contributed by atoms with van der Waals surface area (Å²) in [5.74, 6) is 2.19. The average molecular weight is 571 g/mol. The molecule has 4 nitrogen and oxygen atoms in total. The maximum absolute atomic E-state index is 13.2. The largest absolute Gasteiger partial charge is 0.333 e. The normalized spacial score (nSPS) is 26.3. The maximum atomic E-state index is 13.2. The second-order valence-corrected chi connectivity index (χ2v) is 14.6. The van der Waals surface area contributed by atoms with Crippen LogP contribution in [-0.2, 0) is 9.59 Å². The third-order valence-electron chi connectivity index (χ3n) is 11.3. The number of rotatable bonds is 22. The van der Waals surface area contributed by atoms with Gasteiger partial charge in [-0.2, -0.15) is 0 Å². The van der Waals surface area contributed by atoms with Crippen molar-refractivity contribution in [3.8, 4) is 0 Å². The molecule has 6 unspecified atom stereocenters. The van der Waals surface area contributed by atoms with E-state index < -0.39 is 0 Å². The van der Waals surface area contributed by atoms with Crippen molar-refractivity contribution in [2.45, 2.75) is 211 Å². The molecule has 0 bridgehead atoms. The van der Waals surface area contributed by atoms with Crippen molar-refractivity contribution in [1.29, 1.82) is 0 Å². The Kier molecular flexibility index (Phi) is 14.3. The lowest BCUT2D eigenvalue weighted by atomic mass is 9.82. The fourth-order valence-corrected chi connectivity index (χ4v) is 8.72. The minimum Gasteiger partial charge on any atom is -0.333 e. The number of carbonyl (C=O) groups excluding carboxylic acids is 2. The molecule has 236 valence electrons. The topological polar surface area (TPSA) is 40.2 Å². The zero-order chi connectivity index (χ0) is 28.9. The number of fused-ring (bicyclic) bond motifs is 2. The van der Waals surface area contributed by atoms with Crippen molar-refractivity contribution in [3.05, 3.63) is 0 Å². The molecule has 0 radical (unpaired) electrons. The van der Waals surface area contributed by atoms with Gasteiger partial charge in [0.05, 0.1) is 24.2 Å². The van der Waals surface area contributed by atoms with Crippen LogP contribution < -0.4 is 0 Å². The number of unbranched alkanes of at least 4 members (excludes halogenated alkanes) is 10. The molecular formula is C37H66N2O2. The molecule has 4 fully saturated rings. The Labute approximate surface area is 254 Å². The zero-order valence-corrected chi connectivity index (χ0v) is 27.3. The van der Waals surface area contributed by atoms with E-state index in [1.54, 1.807) is 0 Å². The Balaban J connectivity index is 1.27. The van der Waals surface area contributed by atoms with Gasteiger partial charge in [0, 0.05) is 12.8 Å². The van der Waals surface area contributed by atoms with E-state index in [4.69, 9.17) is 0 Å². The molecule has 2 saturated heterocycles. The molecule has 0 aromatic carbocycles. The number of amides is 2. The zero-order valence-electron chi connectivity index (χ0n) is 27.3. The van der Waals surface area contributed by atoms with Crippen LogP contribution in [0.5, 0.6) is 0 Å². The van der Waals surface area contributed by atoms with Crippen LogP contribution in [0.15, 0.2) is 0 Å². The highest BCUT2D eigenvalue weighted by molar-refractivity contribution is 5.80. The Hall–Kier alpha value is -1.06. The predicted octanol–water partition coefficient (Wildman–Crippen LogP) is 9.98. The summed E-state index contributed by atoms with van der Waals surface area (Å²) < 4.78 is 0. The summed E-state index contributed by atoms with van der Waals surface area (Å²) in [5, 5.41) is 0. The molecule has 0 aromatic heterocycles. The monoisotopic (exact) mass is 571 g/mol. The molecule has 6 atom stereocenters. The van der Waals surface area contributed by atoms with Crippen LogP contribution >= 0.6 is 0 Å². The fourth-order valence-electron chi connectivity index (χ4n) is 8.72. The smallest absolute Gasteiger partial charge is 0.223 e. The van der Waals surface area contributed by atoms with Crippen LogP contribution in [-0.4, -0.2) is 45.8 Å². The number of likely N-dealkylation sites (tertiary alicyclic amines) is 2. The van der Waals surface area contributed by atoms with E-state index in [0.717, 1.165) is 25.7 Å². The van der Waals surface area contributed by atoms with Crippen molar-refractivity contribution < 1.29 is 9.59 Å². The van der Waals surface area contributed by atoms with E-state index in [0.29, 0.717) is 47.8 Å². The van der Waals surface area contributed by atoms with Gasteiger partial charge < -0.3 is 9.80 Å². The molecule has 4 rings (SSSR count). The molecule has 2 saturated carbocycles. The SMILES string of the molecule is CCCCCCCCC(CCC(=O)N1C2CCCCC21)CC(CCCCCCCC)CCC(=O)N1C2CCCCC21. The molecule has 2 aliphatic carbocycles. The van der Waals surface area contributed by atoms with Gasteiger partial charge >= 0.3 is 0 Å². The van der Waals surface area contributed by atoms with Gasteiger partial charge in [-0.05, 0) is 56.8 Å². The Morgan fingerprint density at radius 2 is 0.854 bits per heavy atom. The minimum atomic E-state index is 0.446. The van der Waals surface area contributed by atoms with Gasteiger partial charge in [0.15, 0.2) is 0 Å². The molecule has 0 aromatic rings. The van der Waals surface area contributed by atoms with E-state index in [1.165, 1.54) is 148 Å². The van der Waals surface area contributed by atoms with Crippen LogP contribution in [0.4, 0.5) is 0 Å². The van der Waals surface area contributed by atoms with Gasteiger partial charge in [-0.25, -0.2) is 0 Å². The first-order valence-corrected chi connectivity index (χ1v) is 18.8. The van der Waals surface area contributed by atoms with Crippen molar-refractivity contribution >= 4 is 11.8 Å². The molecule has 2 aliphatic heterocycles. The fraction of sp³-hybridized carbons (Fsp3) is 0.946. The predicted molar refractivity (Wildman–Crippen MR) is 172 cm³/mol. The number of carbonyl (C=O) groups is 2. The highest BCUT2D eigenvalue weighted by Crippen LogP contribution is 2.43. The van der Waals surface area contributed by atoms with E-state index >= 15 is 0 Å². The third kappa shape index (κ3) is 10.6. The molecule has 2 heterocycles. The molecule has 0 spiro atoms. The summed E-state index contributed by atoms with van der Waals surface area (Å²) in [7, 11) is 0. The van der Waals surface area contributed by atoms with Gasteiger partial charge in [-0.15, -0.1) is 0 Å². The Morgan fingerprint density at radius 3 is 1.22 bits per heavy atom. The van der Waals surface area contributed by atoms with E-state index in [2.05, 4.69) is 23.6 Å². The lowest BCUT2D eigenvalue weighted by Gasteiger charge is -2.24. The highest BCUT2D eigenvalue weighted by atomic mass is 16.2. The summed E-state index contributed by atoms with van der Waals surface area (Å²) in [5.41, 5.74) is 0. The number of nitrogens with zero attached hydrogens (tertiary/aromatic N) is 2. The van der Waals surface area contributed by atoms with Crippen LogP contribution in [0, 0.1) is 11.8 Å². The molecule has 2 amide bonds. The second-order valence-electron chi connectivity index (χ2n) is 14.6. The lowest BCUT2D eigenvalue weighted by Crippen LogP contribution is -2.19. The van der Waals surface area contributed by atoms with Gasteiger partial charge in [0.25, 0.3) is 0 Å². The maximum Gasteiger partial charge on any atom is 0.223 e. The first-order chi connectivity index (χ1) is 20.1. The first-order valence-electron chi connectivity index (χ1n) is 18.8. The Morgan fingerprint density at radius 1 is 0.512 bits per heavy atom. The number of hydrogen-bond acceptors (Lipinski definition) is 2. The van der Waals surface area contributed by atoms with Gasteiger partial charge in [-0.3, -0.25) is 9.59 Å². The molecule has 0 N–H and O–H groups in total. The summed E-state index contributed by atoms with van der Waals surface area (Å²) in [6.07, 6.45) is 33.8. The third-order valence-corrected chi connectivity index (χ3v) is 11.3. The summed E-state index contributed by atoms with van der Waals surface area (Å²) >= 11 is 0. The lowest BCUT2D eigenvalue weighted by molar-refractivity contribution is -0.127. The second kappa shape index (κ2) is 17.9. The minimum absolute atomic E-state index is 0.446. The molecular weight excluding hydrogens is 504 g/mol. The number of hydrogen-bond donors (Lipinski definition) is 0. The van der Waals surface area contributed by atoms with Gasteiger partial charge in [0.2, 0.25) is 11.8 Å². The standard InChI is InChI=1S/C37H66N2O2/c1-3-5-7-9-11-13-19-30(25-27-36(40)38-32-21-15-16-22-33(32)38)29-31(20-14-12-10-8-6-4-2)26-28-37(41)39-34-23-17-18-24-35(34)39/h30-35H,3-29H2,1-2H3. The summed E-state index contributed by atoms with van der Waals surface area (Å²) in [6, 6.07) is 2.34. The van der Waals surface area contributed by atoms with E-state index in [1.807, 2.05) is 0 Å². The van der Waals surface area contributed by atoms with Gasteiger partial charge in [0.1, 0.15) is 0 Å². The van der Waals surface area contributed by atoms with Crippen LogP contribution in [0.2, 0.25) is 0 Å². The van der Waals surface area contributed by atoms with E-state index in [9.17, 15) is 9.59 Å². The average Bonchev–Trinajstić information content (AvgIpc) is 3.90. The van der Waals surface area contributed by atoms with Crippen molar-refractivity contribution in [3.63, 3.8) is 0 Å². The molecule has 4 heteroatoms. The van der Waals surface area contributed by atoms with Gasteiger partial charge in [-0.1, -0.05) is 129 Å². The van der Waals surface area contributed by atoms with Crippen LogP contribution in [0.1, 0.15) is 187 Å². The van der Waals surface area contributed by atoms with E-state index in [-0.39, 0.29) is 0 Å². The summed E-state index contributed by atoms with van der Waals surface area (Å²) in [6.45, 7) is 4.59. The summed E-state index contributed by atoms with van der Waals surface area (Å²) in [4.78, 5) is 30.9. The molecule has 41 heavy (non-hydrogen) atoms. The van der Waals surface area contributed by atoms with Crippen LogP contribution in [0.25, 0.3) is 0 Å². The van der Waals surface area contributed by atoms with Crippen molar-refractivity contribution in [1.82, 2.24) is 9.80 Å². The highest BCUT2D eigenvalue weighted by Gasteiger charge is 2.51. The first kappa shape index (κ1) is 32.8. The van der Waals surface area contributed by atoms with Crippen molar-refractivity contribution in [2.75, 3.05) is 0 Å². The Bertz CT molecular complexity index is 682. The quantitative estimate of drug-likeness (QED) is 0.0959.